The van der Waals surface area contributed by atoms with Crippen LogP contribution in [0.15, 0.2) is 64.9 Å². The summed E-state index contributed by atoms with van der Waals surface area (Å²) in [5.41, 5.74) is 1.02. The molecule has 0 spiro atoms. The number of para-hydroxylation sites is 1. The minimum atomic E-state index is -3.96. The molecule has 1 N–H and O–H groups in total. The Bertz CT molecular complexity index is 1080. The number of ether oxygens (including phenoxy) is 1. The standard InChI is InChI=1S/C21H21NO4S2/c1-21(2,3)15-9-10-20(18(13-15)26-16-7-5-4-6-8-16)28(24,25)22-17-11-12-27-19(17)14-23/h4-14,22H,1-3H3. The van der Waals surface area contributed by atoms with Crippen molar-refractivity contribution < 1.29 is 17.9 Å². The third-order valence-corrected chi connectivity index (χ3v) is 6.36. The van der Waals surface area contributed by atoms with Gasteiger partial charge in [0.15, 0.2) is 6.29 Å². The number of sulfonamides is 1. The second-order valence-electron chi connectivity index (χ2n) is 7.25. The molecule has 7 heteroatoms. The molecule has 2 aromatic carbocycles. The number of nitrogens with one attached hydrogen (secondary N) is 1. The van der Waals surface area contributed by atoms with E-state index in [2.05, 4.69) is 4.72 Å². The van der Waals surface area contributed by atoms with Gasteiger partial charge in [-0.15, -0.1) is 11.3 Å². The first-order chi connectivity index (χ1) is 13.2. The van der Waals surface area contributed by atoms with Crippen LogP contribution in [-0.2, 0) is 15.4 Å². The summed E-state index contributed by atoms with van der Waals surface area (Å²) in [5.74, 6) is 0.767. The summed E-state index contributed by atoms with van der Waals surface area (Å²) >= 11 is 1.17. The van der Waals surface area contributed by atoms with Gasteiger partial charge in [-0.05, 0) is 46.7 Å². The molecule has 0 saturated heterocycles. The molecule has 0 atom stereocenters. The van der Waals surface area contributed by atoms with Crippen LogP contribution in [0.1, 0.15) is 36.0 Å². The molecule has 0 saturated carbocycles. The molecule has 28 heavy (non-hydrogen) atoms. The van der Waals surface area contributed by atoms with E-state index in [0.717, 1.165) is 5.56 Å². The predicted molar refractivity (Wildman–Crippen MR) is 112 cm³/mol. The molecular formula is C21H21NO4S2. The Morgan fingerprint density at radius 3 is 2.39 bits per heavy atom. The highest BCUT2D eigenvalue weighted by Gasteiger charge is 2.24. The van der Waals surface area contributed by atoms with Crippen LogP contribution in [0.25, 0.3) is 0 Å². The quantitative estimate of drug-likeness (QED) is 0.543. The first kappa shape index (κ1) is 20.1. The van der Waals surface area contributed by atoms with Crippen molar-refractivity contribution in [1.82, 2.24) is 0 Å². The zero-order valence-electron chi connectivity index (χ0n) is 15.8. The van der Waals surface area contributed by atoms with Crippen molar-refractivity contribution in [3.05, 3.63) is 70.4 Å². The number of rotatable bonds is 6. The third kappa shape index (κ3) is 4.43. The van der Waals surface area contributed by atoms with Gasteiger partial charge < -0.3 is 4.74 Å². The van der Waals surface area contributed by atoms with Gasteiger partial charge in [-0.25, -0.2) is 8.42 Å². The first-order valence-corrected chi connectivity index (χ1v) is 11.0. The Balaban J connectivity index is 2.06. The van der Waals surface area contributed by atoms with Crippen molar-refractivity contribution in [1.29, 1.82) is 0 Å². The Morgan fingerprint density at radius 1 is 1.04 bits per heavy atom. The summed E-state index contributed by atoms with van der Waals surface area (Å²) in [6.07, 6.45) is 0.632. The number of carbonyl (C=O) groups is 1. The lowest BCUT2D eigenvalue weighted by atomic mass is 9.87. The molecule has 146 valence electrons. The molecule has 0 fully saturated rings. The van der Waals surface area contributed by atoms with Gasteiger partial charge in [-0.1, -0.05) is 45.0 Å². The van der Waals surface area contributed by atoms with Crippen LogP contribution in [-0.4, -0.2) is 14.7 Å². The lowest BCUT2D eigenvalue weighted by Gasteiger charge is -2.21. The fraction of sp³-hybridized carbons (Fsp3) is 0.190. The van der Waals surface area contributed by atoms with E-state index in [1.165, 1.54) is 17.4 Å². The fourth-order valence-electron chi connectivity index (χ4n) is 2.59. The van der Waals surface area contributed by atoms with Gasteiger partial charge >= 0.3 is 0 Å². The normalized spacial score (nSPS) is 11.8. The molecule has 1 heterocycles. The highest BCUT2D eigenvalue weighted by molar-refractivity contribution is 7.92. The minimum Gasteiger partial charge on any atom is -0.456 e. The van der Waals surface area contributed by atoms with Crippen LogP contribution in [0.4, 0.5) is 5.69 Å². The van der Waals surface area contributed by atoms with Crippen molar-refractivity contribution >= 4 is 33.3 Å². The minimum absolute atomic E-state index is 0.00685. The number of carbonyl (C=O) groups excluding carboxylic acids is 1. The van der Waals surface area contributed by atoms with Gasteiger partial charge in [0, 0.05) is 0 Å². The summed E-state index contributed by atoms with van der Waals surface area (Å²) in [6.45, 7) is 6.13. The van der Waals surface area contributed by atoms with Gasteiger partial charge in [0.05, 0.1) is 10.6 Å². The maximum atomic E-state index is 13.0. The Morgan fingerprint density at radius 2 is 1.75 bits per heavy atom. The van der Waals surface area contributed by atoms with Crippen molar-refractivity contribution in [2.24, 2.45) is 0 Å². The van der Waals surface area contributed by atoms with Crippen LogP contribution >= 0.6 is 11.3 Å². The molecular weight excluding hydrogens is 394 g/mol. The van der Waals surface area contributed by atoms with Crippen molar-refractivity contribution in [2.75, 3.05) is 4.72 Å². The molecule has 3 aromatic rings. The molecule has 0 aliphatic heterocycles. The highest BCUT2D eigenvalue weighted by atomic mass is 32.2. The van der Waals surface area contributed by atoms with E-state index < -0.39 is 10.0 Å². The van der Waals surface area contributed by atoms with Gasteiger partial charge in [-0.2, -0.15) is 0 Å². The van der Waals surface area contributed by atoms with Gasteiger partial charge in [-0.3, -0.25) is 9.52 Å². The molecule has 0 radical (unpaired) electrons. The molecule has 0 aliphatic rings. The molecule has 1 aromatic heterocycles. The number of aldehydes is 1. The molecule has 3 rings (SSSR count). The van der Waals surface area contributed by atoms with E-state index in [-0.39, 0.29) is 21.7 Å². The van der Waals surface area contributed by atoms with E-state index in [4.69, 9.17) is 4.74 Å². The van der Waals surface area contributed by atoms with Gasteiger partial charge in [0.1, 0.15) is 16.4 Å². The number of hydrogen-bond acceptors (Lipinski definition) is 5. The Kier molecular flexibility index (Phi) is 5.58. The summed E-state index contributed by atoms with van der Waals surface area (Å²) < 4.78 is 34.5. The van der Waals surface area contributed by atoms with E-state index in [9.17, 15) is 13.2 Å². The Hall–Kier alpha value is -2.64. The zero-order valence-corrected chi connectivity index (χ0v) is 17.4. The van der Waals surface area contributed by atoms with Gasteiger partial charge in [0.25, 0.3) is 10.0 Å². The summed E-state index contributed by atoms with van der Waals surface area (Å²) in [7, 11) is -3.96. The largest absolute Gasteiger partial charge is 0.456 e. The lowest BCUT2D eigenvalue weighted by Crippen LogP contribution is -2.16. The van der Waals surface area contributed by atoms with Crippen LogP contribution in [0, 0.1) is 0 Å². The number of hydrogen-bond donors (Lipinski definition) is 1. The average Bonchev–Trinajstić information content (AvgIpc) is 3.08. The lowest BCUT2D eigenvalue weighted by molar-refractivity contribution is 0.112. The third-order valence-electron chi connectivity index (χ3n) is 4.12. The predicted octanol–water partition coefficient (Wildman–Crippen LogP) is 5.45. The van der Waals surface area contributed by atoms with Crippen LogP contribution in [0.3, 0.4) is 0 Å². The first-order valence-electron chi connectivity index (χ1n) is 8.63. The summed E-state index contributed by atoms with van der Waals surface area (Å²) in [4.78, 5) is 11.5. The van der Waals surface area contributed by atoms with Crippen molar-refractivity contribution in [3.63, 3.8) is 0 Å². The maximum Gasteiger partial charge on any atom is 0.265 e. The number of benzene rings is 2. The Labute approximate surface area is 169 Å². The van der Waals surface area contributed by atoms with Crippen LogP contribution in [0.5, 0.6) is 11.5 Å². The molecule has 0 amide bonds. The zero-order chi connectivity index (χ0) is 20.4. The summed E-state index contributed by atoms with van der Waals surface area (Å²) in [5, 5.41) is 1.66. The van der Waals surface area contributed by atoms with E-state index in [1.807, 2.05) is 39.0 Å². The maximum absolute atomic E-state index is 13.0. The number of thiophene rings is 1. The van der Waals surface area contributed by atoms with Crippen molar-refractivity contribution in [2.45, 2.75) is 31.1 Å². The topological polar surface area (TPSA) is 72.5 Å². The van der Waals surface area contributed by atoms with E-state index in [0.29, 0.717) is 16.9 Å². The van der Waals surface area contributed by atoms with Gasteiger partial charge in [0.2, 0.25) is 0 Å². The fourth-order valence-corrected chi connectivity index (χ4v) is 4.50. The number of anilines is 1. The smallest absolute Gasteiger partial charge is 0.265 e. The summed E-state index contributed by atoms with van der Waals surface area (Å²) in [6, 6.07) is 15.6. The molecule has 5 nitrogen and oxygen atoms in total. The van der Waals surface area contributed by atoms with Crippen LogP contribution < -0.4 is 9.46 Å². The molecule has 0 unspecified atom stereocenters. The molecule has 0 bridgehead atoms. The SMILES string of the molecule is CC(C)(C)c1ccc(S(=O)(=O)Nc2ccsc2C=O)c(Oc2ccccc2)c1. The highest BCUT2D eigenvalue weighted by Crippen LogP contribution is 2.35. The van der Waals surface area contributed by atoms with Crippen LogP contribution in [0.2, 0.25) is 0 Å². The van der Waals surface area contributed by atoms with Crippen molar-refractivity contribution in [3.8, 4) is 11.5 Å². The molecule has 0 aliphatic carbocycles. The van der Waals surface area contributed by atoms with E-state index in [1.54, 1.807) is 35.7 Å². The monoisotopic (exact) mass is 415 g/mol. The second kappa shape index (κ2) is 7.77. The average molecular weight is 416 g/mol. The van der Waals surface area contributed by atoms with E-state index >= 15 is 0 Å². The second-order valence-corrected chi connectivity index (χ2v) is 9.85.